The lowest BCUT2D eigenvalue weighted by Crippen LogP contribution is -2.59. The Morgan fingerprint density at radius 2 is 1.77 bits per heavy atom. The number of hydrogen-bond acceptors (Lipinski definition) is 5. The van der Waals surface area contributed by atoms with Crippen molar-refractivity contribution in [3.05, 3.63) is 10.7 Å². The van der Waals surface area contributed by atoms with Gasteiger partial charge in [0.25, 0.3) is 0 Å². The van der Waals surface area contributed by atoms with E-state index in [1.807, 2.05) is 19.9 Å². The summed E-state index contributed by atoms with van der Waals surface area (Å²) in [6.07, 6.45) is 2.32. The van der Waals surface area contributed by atoms with Gasteiger partial charge >= 0.3 is 0 Å². The van der Waals surface area contributed by atoms with E-state index in [1.165, 1.54) is 0 Å². The van der Waals surface area contributed by atoms with Crippen molar-refractivity contribution in [3.8, 4) is 18.2 Å². The summed E-state index contributed by atoms with van der Waals surface area (Å²) in [6, 6.07) is 6.07. The van der Waals surface area contributed by atoms with Gasteiger partial charge in [0.15, 0.2) is 5.41 Å². The molecule has 0 saturated heterocycles. The molecule has 1 aliphatic rings. The van der Waals surface area contributed by atoms with Gasteiger partial charge in [-0.15, -0.1) is 0 Å². The van der Waals surface area contributed by atoms with Crippen molar-refractivity contribution in [1.29, 1.82) is 15.8 Å². The molecule has 0 fully saturated rings. The highest BCUT2D eigenvalue weighted by Gasteiger charge is 2.61. The van der Waals surface area contributed by atoms with Crippen molar-refractivity contribution in [2.24, 2.45) is 10.8 Å². The zero-order valence-corrected chi connectivity index (χ0v) is 14.0. The molecule has 1 atom stereocenters. The molecule has 6 heteroatoms. The topological polar surface area (TPSA) is 92.6 Å². The van der Waals surface area contributed by atoms with Crippen molar-refractivity contribution < 1.29 is 4.74 Å². The normalized spacial score (nSPS) is 22.1. The number of nitriles is 3. The van der Waals surface area contributed by atoms with Gasteiger partial charge in [0.2, 0.25) is 0 Å². The Morgan fingerprint density at radius 3 is 2.18 bits per heavy atom. The fourth-order valence-electron chi connectivity index (χ4n) is 3.13. The van der Waals surface area contributed by atoms with E-state index >= 15 is 0 Å². The van der Waals surface area contributed by atoms with Crippen molar-refractivity contribution in [2.75, 3.05) is 6.61 Å². The second kappa shape index (κ2) is 7.50. The molecular weight excluding hydrogens is 300 g/mol. The van der Waals surface area contributed by atoms with Gasteiger partial charge in [-0.25, -0.2) is 0 Å². The summed E-state index contributed by atoms with van der Waals surface area (Å²) in [7, 11) is 0. The van der Waals surface area contributed by atoms with Crippen LogP contribution in [0.1, 0.15) is 46.5 Å². The van der Waals surface area contributed by atoms with Crippen LogP contribution in [-0.2, 0) is 4.74 Å². The maximum absolute atomic E-state index is 9.75. The zero-order valence-electron chi connectivity index (χ0n) is 13.2. The van der Waals surface area contributed by atoms with Crippen molar-refractivity contribution in [2.45, 2.75) is 52.7 Å². The Labute approximate surface area is 137 Å². The summed E-state index contributed by atoms with van der Waals surface area (Å²) in [5, 5.41) is 31.9. The van der Waals surface area contributed by atoms with E-state index in [2.05, 4.69) is 24.4 Å². The molecule has 0 bridgehead atoms. The number of nitrogens with one attached hydrogen (secondary N) is 1. The quantitative estimate of drug-likeness (QED) is 0.596. The van der Waals surface area contributed by atoms with Crippen LogP contribution in [0, 0.1) is 44.8 Å². The lowest BCUT2D eigenvalue weighted by Gasteiger charge is -2.49. The smallest absolute Gasteiger partial charge is 0.191 e. The number of allylic oxidation sites excluding steroid dienone is 1. The molecule has 0 saturated carbocycles. The van der Waals surface area contributed by atoms with Crippen LogP contribution in [-0.4, -0.2) is 12.8 Å². The van der Waals surface area contributed by atoms with Gasteiger partial charge in [-0.1, -0.05) is 38.8 Å². The standard InChI is InChI=1S/C16H21ClN4O/c1-4-7-8-22-14-15(5-2,6-3)16(10-19,11-20)12(9-18)13(17)21-14/h14,21H,4-8H2,1-3H3. The molecule has 5 nitrogen and oxygen atoms in total. The second-order valence-electron chi connectivity index (χ2n) is 5.39. The Bertz CT molecular complexity index is 546. The van der Waals surface area contributed by atoms with Gasteiger partial charge in [-0.3, -0.25) is 0 Å². The number of nitrogens with zero attached hydrogens (tertiary/aromatic N) is 3. The Kier molecular flexibility index (Phi) is 6.24. The van der Waals surface area contributed by atoms with Crippen LogP contribution in [0.3, 0.4) is 0 Å². The Balaban J connectivity index is 3.48. The second-order valence-corrected chi connectivity index (χ2v) is 5.76. The molecule has 0 aliphatic carbocycles. The largest absolute Gasteiger partial charge is 0.358 e. The number of unbranched alkanes of at least 4 members (excludes halogenated alkanes) is 1. The molecule has 1 rings (SSSR count). The third kappa shape index (κ3) is 2.54. The average molecular weight is 321 g/mol. The molecule has 0 amide bonds. The van der Waals surface area contributed by atoms with Gasteiger partial charge in [-0.2, -0.15) is 15.8 Å². The Morgan fingerprint density at radius 1 is 1.18 bits per heavy atom. The summed E-state index contributed by atoms with van der Waals surface area (Å²) < 4.78 is 5.90. The maximum Gasteiger partial charge on any atom is 0.191 e. The van der Waals surface area contributed by atoms with Crippen LogP contribution in [0.2, 0.25) is 0 Å². The van der Waals surface area contributed by atoms with Crippen molar-refractivity contribution in [3.63, 3.8) is 0 Å². The van der Waals surface area contributed by atoms with Crippen molar-refractivity contribution >= 4 is 11.6 Å². The van der Waals surface area contributed by atoms with E-state index in [1.54, 1.807) is 0 Å². The van der Waals surface area contributed by atoms with Crippen LogP contribution >= 0.6 is 11.6 Å². The van der Waals surface area contributed by atoms with Crippen LogP contribution in [0.25, 0.3) is 0 Å². The minimum absolute atomic E-state index is 0.0155. The first-order chi connectivity index (χ1) is 10.5. The van der Waals surface area contributed by atoms with Crippen molar-refractivity contribution in [1.82, 2.24) is 5.32 Å². The monoisotopic (exact) mass is 320 g/mol. The highest BCUT2D eigenvalue weighted by molar-refractivity contribution is 6.30. The summed E-state index contributed by atoms with van der Waals surface area (Å²) in [5.74, 6) is 0. The first-order valence-corrected chi connectivity index (χ1v) is 7.92. The number of rotatable bonds is 6. The molecule has 0 aromatic heterocycles. The first kappa shape index (κ1) is 18.3. The van der Waals surface area contributed by atoms with Gasteiger partial charge < -0.3 is 10.1 Å². The van der Waals surface area contributed by atoms with E-state index in [9.17, 15) is 15.8 Å². The number of halogens is 1. The molecule has 1 N–H and O–H groups in total. The summed E-state index contributed by atoms with van der Waals surface area (Å²) in [6.45, 7) is 6.37. The van der Waals surface area contributed by atoms with Gasteiger partial charge in [0.05, 0.1) is 23.1 Å². The SMILES string of the molecule is CCCCOC1NC(Cl)=C(C#N)C(C#N)(C#N)C1(CC)CC. The van der Waals surface area contributed by atoms with E-state index < -0.39 is 17.1 Å². The van der Waals surface area contributed by atoms with E-state index in [-0.39, 0.29) is 10.7 Å². The van der Waals surface area contributed by atoms with Gasteiger partial charge in [0, 0.05) is 6.61 Å². The first-order valence-electron chi connectivity index (χ1n) is 7.54. The molecule has 1 aliphatic heterocycles. The molecule has 22 heavy (non-hydrogen) atoms. The number of ether oxygens (including phenoxy) is 1. The number of hydrogen-bond donors (Lipinski definition) is 1. The minimum Gasteiger partial charge on any atom is -0.358 e. The van der Waals surface area contributed by atoms with E-state index in [4.69, 9.17) is 16.3 Å². The predicted octanol–water partition coefficient (Wildman–Crippen LogP) is 3.55. The fourth-order valence-corrected chi connectivity index (χ4v) is 3.41. The summed E-state index contributed by atoms with van der Waals surface area (Å²) in [5.41, 5.74) is -2.45. The summed E-state index contributed by atoms with van der Waals surface area (Å²) >= 11 is 6.14. The van der Waals surface area contributed by atoms with E-state index in [0.29, 0.717) is 19.4 Å². The highest BCUT2D eigenvalue weighted by atomic mass is 35.5. The molecule has 0 aromatic carbocycles. The molecule has 118 valence electrons. The van der Waals surface area contributed by atoms with Gasteiger partial charge in [-0.05, 0) is 19.3 Å². The Hall–Kier alpha value is -1.74. The van der Waals surface area contributed by atoms with E-state index in [0.717, 1.165) is 12.8 Å². The fraction of sp³-hybridized carbons (Fsp3) is 0.688. The molecule has 1 unspecified atom stereocenters. The highest BCUT2D eigenvalue weighted by Crippen LogP contribution is 2.55. The molecule has 0 spiro atoms. The molecule has 0 radical (unpaired) electrons. The van der Waals surface area contributed by atoms with Crippen LogP contribution in [0.4, 0.5) is 0 Å². The minimum atomic E-state index is -1.61. The molecule has 0 aromatic rings. The third-order valence-electron chi connectivity index (χ3n) is 4.59. The third-order valence-corrected chi connectivity index (χ3v) is 4.89. The van der Waals surface area contributed by atoms with Crippen LogP contribution in [0.15, 0.2) is 10.7 Å². The van der Waals surface area contributed by atoms with Crippen LogP contribution < -0.4 is 5.32 Å². The van der Waals surface area contributed by atoms with Gasteiger partial charge in [0.1, 0.15) is 17.5 Å². The maximum atomic E-state index is 9.75. The average Bonchev–Trinajstić information content (AvgIpc) is 2.54. The predicted molar refractivity (Wildman–Crippen MR) is 82.9 cm³/mol. The molecular formula is C16H21ClN4O. The lowest BCUT2D eigenvalue weighted by molar-refractivity contribution is -0.0950. The molecule has 1 heterocycles. The summed E-state index contributed by atoms with van der Waals surface area (Å²) in [4.78, 5) is 0. The van der Waals surface area contributed by atoms with Crippen LogP contribution in [0.5, 0.6) is 0 Å². The zero-order chi connectivity index (χ0) is 16.8. The lowest BCUT2D eigenvalue weighted by atomic mass is 9.56.